The Balaban J connectivity index is 2.29. The molecule has 0 radical (unpaired) electrons. The molecule has 0 saturated heterocycles. The molecule has 0 N–H and O–H groups in total. The highest BCUT2D eigenvalue weighted by Crippen LogP contribution is 2.28. The summed E-state index contributed by atoms with van der Waals surface area (Å²) < 4.78 is 1.04. The second-order valence-electron chi connectivity index (χ2n) is 4.65. The Morgan fingerprint density at radius 2 is 1.90 bits per heavy atom. The van der Waals surface area contributed by atoms with Crippen molar-refractivity contribution in [3.05, 3.63) is 64.1 Å². The van der Waals surface area contributed by atoms with Gasteiger partial charge in [0.05, 0.1) is 22.8 Å². The molecule has 0 bridgehead atoms. The second-order valence-corrected chi connectivity index (χ2v) is 5.56. The lowest BCUT2D eigenvalue weighted by atomic mass is 10.0. The zero-order valence-electron chi connectivity index (χ0n) is 10.9. The molecule has 0 spiro atoms. The molecule has 3 heteroatoms. The average molecular weight is 323 g/mol. The molecule has 0 aliphatic carbocycles. The van der Waals surface area contributed by atoms with Crippen LogP contribution in [-0.2, 0) is 0 Å². The van der Waals surface area contributed by atoms with Gasteiger partial charge in [0.2, 0.25) is 0 Å². The van der Waals surface area contributed by atoms with Gasteiger partial charge in [0.15, 0.2) is 0 Å². The molecule has 3 aromatic rings. The van der Waals surface area contributed by atoms with Crippen molar-refractivity contribution in [2.75, 3.05) is 0 Å². The Kier molecular flexibility index (Phi) is 3.25. The first-order chi connectivity index (χ1) is 9.69. The van der Waals surface area contributed by atoms with Gasteiger partial charge in [0.1, 0.15) is 0 Å². The Morgan fingerprint density at radius 1 is 1.10 bits per heavy atom. The minimum absolute atomic E-state index is 0.652. The standard InChI is InChI=1S/C17H11BrN2/c1-11-8-13-9-14(18)6-7-16(13)20-17(11)15-5-3-2-4-12(15)10-19/h2-9H,1H3. The van der Waals surface area contributed by atoms with Crippen molar-refractivity contribution in [2.45, 2.75) is 6.92 Å². The van der Waals surface area contributed by atoms with E-state index in [1.54, 1.807) is 0 Å². The van der Waals surface area contributed by atoms with Crippen molar-refractivity contribution in [3.63, 3.8) is 0 Å². The van der Waals surface area contributed by atoms with Gasteiger partial charge in [0.25, 0.3) is 0 Å². The Hall–Kier alpha value is -2.18. The van der Waals surface area contributed by atoms with Crippen LogP contribution in [-0.4, -0.2) is 4.98 Å². The van der Waals surface area contributed by atoms with E-state index in [2.05, 4.69) is 34.1 Å². The van der Waals surface area contributed by atoms with Gasteiger partial charge in [-0.25, -0.2) is 4.98 Å². The smallest absolute Gasteiger partial charge is 0.0998 e. The highest BCUT2D eigenvalue weighted by Gasteiger charge is 2.10. The number of nitriles is 1. The molecule has 3 rings (SSSR count). The van der Waals surface area contributed by atoms with Crippen LogP contribution in [0.1, 0.15) is 11.1 Å². The highest BCUT2D eigenvalue weighted by molar-refractivity contribution is 9.10. The molecule has 0 unspecified atom stereocenters. The van der Waals surface area contributed by atoms with Crippen LogP contribution in [0, 0.1) is 18.3 Å². The normalized spacial score (nSPS) is 10.4. The van der Waals surface area contributed by atoms with E-state index in [0.717, 1.165) is 32.2 Å². The van der Waals surface area contributed by atoms with Crippen LogP contribution in [0.5, 0.6) is 0 Å². The van der Waals surface area contributed by atoms with Crippen molar-refractivity contribution in [2.24, 2.45) is 0 Å². The van der Waals surface area contributed by atoms with E-state index in [0.29, 0.717) is 5.56 Å². The predicted molar refractivity (Wildman–Crippen MR) is 84.3 cm³/mol. The molecule has 2 aromatic carbocycles. The highest BCUT2D eigenvalue weighted by atomic mass is 79.9. The first-order valence-electron chi connectivity index (χ1n) is 6.25. The maximum Gasteiger partial charge on any atom is 0.0998 e. The first-order valence-corrected chi connectivity index (χ1v) is 7.05. The van der Waals surface area contributed by atoms with E-state index in [-0.39, 0.29) is 0 Å². The lowest BCUT2D eigenvalue weighted by molar-refractivity contribution is 1.32. The Labute approximate surface area is 125 Å². The fourth-order valence-corrected chi connectivity index (χ4v) is 2.69. The van der Waals surface area contributed by atoms with E-state index in [1.165, 1.54) is 0 Å². The third-order valence-electron chi connectivity index (χ3n) is 3.27. The van der Waals surface area contributed by atoms with Gasteiger partial charge < -0.3 is 0 Å². The third kappa shape index (κ3) is 2.19. The fraction of sp³-hybridized carbons (Fsp3) is 0.0588. The van der Waals surface area contributed by atoms with Crippen molar-refractivity contribution < 1.29 is 0 Å². The number of fused-ring (bicyclic) bond motifs is 1. The van der Waals surface area contributed by atoms with Crippen LogP contribution in [0.3, 0.4) is 0 Å². The number of benzene rings is 2. The first kappa shape index (κ1) is 12.8. The molecule has 0 amide bonds. The summed E-state index contributed by atoms with van der Waals surface area (Å²) in [6, 6.07) is 17.9. The second kappa shape index (κ2) is 5.07. The zero-order chi connectivity index (χ0) is 14.1. The van der Waals surface area contributed by atoms with Gasteiger partial charge >= 0.3 is 0 Å². The topological polar surface area (TPSA) is 36.7 Å². The van der Waals surface area contributed by atoms with Crippen LogP contribution < -0.4 is 0 Å². The van der Waals surface area contributed by atoms with E-state index in [1.807, 2.05) is 43.3 Å². The van der Waals surface area contributed by atoms with Gasteiger partial charge in [0, 0.05) is 15.4 Å². The third-order valence-corrected chi connectivity index (χ3v) is 3.76. The van der Waals surface area contributed by atoms with Crippen LogP contribution in [0.4, 0.5) is 0 Å². The largest absolute Gasteiger partial charge is 0.247 e. The molecule has 20 heavy (non-hydrogen) atoms. The van der Waals surface area contributed by atoms with E-state index in [4.69, 9.17) is 4.98 Å². The van der Waals surface area contributed by atoms with Crippen LogP contribution in [0.25, 0.3) is 22.2 Å². The molecular formula is C17H11BrN2. The van der Waals surface area contributed by atoms with Crippen molar-refractivity contribution in [1.29, 1.82) is 5.26 Å². The summed E-state index contributed by atoms with van der Waals surface area (Å²) >= 11 is 3.47. The summed E-state index contributed by atoms with van der Waals surface area (Å²) in [4.78, 5) is 4.72. The minimum atomic E-state index is 0.652. The van der Waals surface area contributed by atoms with Gasteiger partial charge in [-0.15, -0.1) is 0 Å². The number of aromatic nitrogens is 1. The van der Waals surface area contributed by atoms with Gasteiger partial charge in [-0.3, -0.25) is 0 Å². The number of hydrogen-bond acceptors (Lipinski definition) is 2. The Bertz CT molecular complexity index is 847. The molecule has 1 aromatic heterocycles. The molecular weight excluding hydrogens is 312 g/mol. The SMILES string of the molecule is Cc1cc2cc(Br)ccc2nc1-c1ccccc1C#N. The molecule has 0 atom stereocenters. The Morgan fingerprint density at radius 3 is 2.70 bits per heavy atom. The zero-order valence-corrected chi connectivity index (χ0v) is 12.5. The van der Waals surface area contributed by atoms with Crippen molar-refractivity contribution >= 4 is 26.8 Å². The van der Waals surface area contributed by atoms with E-state index in [9.17, 15) is 5.26 Å². The predicted octanol–water partition coefficient (Wildman–Crippen LogP) is 4.84. The summed E-state index contributed by atoms with van der Waals surface area (Å²) in [5, 5.41) is 10.3. The lowest BCUT2D eigenvalue weighted by Crippen LogP contribution is -1.92. The summed E-state index contributed by atoms with van der Waals surface area (Å²) in [5.74, 6) is 0. The molecule has 0 aliphatic heterocycles. The fourth-order valence-electron chi connectivity index (χ4n) is 2.31. The number of nitrogens with zero attached hydrogens (tertiary/aromatic N) is 2. The average Bonchev–Trinajstić information content (AvgIpc) is 2.46. The number of hydrogen-bond donors (Lipinski definition) is 0. The number of pyridine rings is 1. The van der Waals surface area contributed by atoms with E-state index < -0.39 is 0 Å². The summed E-state index contributed by atoms with van der Waals surface area (Å²) in [7, 11) is 0. The number of aryl methyl sites for hydroxylation is 1. The maximum absolute atomic E-state index is 9.24. The number of halogens is 1. The maximum atomic E-state index is 9.24. The molecule has 96 valence electrons. The monoisotopic (exact) mass is 322 g/mol. The van der Waals surface area contributed by atoms with Gasteiger partial charge in [-0.05, 0) is 42.8 Å². The molecule has 0 saturated carbocycles. The van der Waals surface area contributed by atoms with E-state index >= 15 is 0 Å². The molecule has 0 aliphatic rings. The quantitative estimate of drug-likeness (QED) is 0.642. The molecule has 2 nitrogen and oxygen atoms in total. The lowest BCUT2D eigenvalue weighted by Gasteiger charge is -2.09. The van der Waals surface area contributed by atoms with Crippen molar-refractivity contribution in [3.8, 4) is 17.3 Å². The summed E-state index contributed by atoms with van der Waals surface area (Å²) in [6.07, 6.45) is 0. The van der Waals surface area contributed by atoms with Gasteiger partial charge in [-0.1, -0.05) is 34.1 Å². The summed E-state index contributed by atoms with van der Waals surface area (Å²) in [5.41, 5.74) is 4.41. The van der Waals surface area contributed by atoms with Crippen LogP contribution in [0.15, 0.2) is 53.0 Å². The van der Waals surface area contributed by atoms with Crippen LogP contribution >= 0.6 is 15.9 Å². The molecule has 0 fully saturated rings. The van der Waals surface area contributed by atoms with Crippen LogP contribution in [0.2, 0.25) is 0 Å². The molecule has 1 heterocycles. The van der Waals surface area contributed by atoms with Gasteiger partial charge in [-0.2, -0.15) is 5.26 Å². The number of rotatable bonds is 1. The summed E-state index contributed by atoms with van der Waals surface area (Å²) in [6.45, 7) is 2.02. The van der Waals surface area contributed by atoms with Crippen molar-refractivity contribution in [1.82, 2.24) is 4.98 Å². The minimum Gasteiger partial charge on any atom is -0.247 e.